The maximum atomic E-state index is 9.76. The van der Waals surface area contributed by atoms with Crippen molar-refractivity contribution in [2.45, 2.75) is 31.2 Å². The van der Waals surface area contributed by atoms with Gasteiger partial charge in [0.1, 0.15) is 5.75 Å². The number of para-hydroxylation sites is 2. The number of benzene rings is 1. The van der Waals surface area contributed by atoms with Crippen molar-refractivity contribution in [2.75, 3.05) is 39.3 Å². The highest BCUT2D eigenvalue weighted by Gasteiger charge is 2.40. The molecule has 2 rings (SSSR count). The van der Waals surface area contributed by atoms with Gasteiger partial charge in [0.2, 0.25) is 0 Å². The molecule has 0 bridgehead atoms. The minimum absolute atomic E-state index is 0.0817. The highest BCUT2D eigenvalue weighted by atomic mass is 16.5. The van der Waals surface area contributed by atoms with Crippen LogP contribution in [-0.2, 0) is 0 Å². The summed E-state index contributed by atoms with van der Waals surface area (Å²) in [5.74, 6) is 1.44. The summed E-state index contributed by atoms with van der Waals surface area (Å²) in [6, 6.07) is 8.11. The van der Waals surface area contributed by atoms with E-state index in [4.69, 9.17) is 4.74 Å². The fourth-order valence-corrected chi connectivity index (χ4v) is 3.60. The predicted molar refractivity (Wildman–Crippen MR) is 87.1 cm³/mol. The third-order valence-corrected chi connectivity index (χ3v) is 5.05. The molecule has 1 aliphatic rings. The van der Waals surface area contributed by atoms with Gasteiger partial charge in [-0.15, -0.1) is 0 Å². The Morgan fingerprint density at radius 1 is 1.43 bits per heavy atom. The molecule has 21 heavy (non-hydrogen) atoms. The Bertz CT molecular complexity index is 446. The molecule has 0 saturated heterocycles. The average molecular weight is 292 g/mol. The van der Waals surface area contributed by atoms with Crippen LogP contribution >= 0.6 is 0 Å². The summed E-state index contributed by atoms with van der Waals surface area (Å²) >= 11 is 0. The van der Waals surface area contributed by atoms with Crippen LogP contribution in [0.15, 0.2) is 24.3 Å². The summed E-state index contributed by atoms with van der Waals surface area (Å²) in [4.78, 5) is 2.24. The fraction of sp³-hybridized carbons (Fsp3) is 0.647. The van der Waals surface area contributed by atoms with E-state index in [0.717, 1.165) is 30.8 Å². The SMILES string of the molecule is CNC1(CO)CCCC1CCN(C)c1ccccc1OC. The first kappa shape index (κ1) is 16.1. The molecule has 0 spiro atoms. The Labute approximate surface area is 128 Å². The van der Waals surface area contributed by atoms with E-state index in [1.165, 1.54) is 12.8 Å². The van der Waals surface area contributed by atoms with Crippen molar-refractivity contribution in [3.63, 3.8) is 0 Å². The average Bonchev–Trinajstić information content (AvgIpc) is 2.95. The lowest BCUT2D eigenvalue weighted by molar-refractivity contribution is 0.128. The number of hydrogen-bond donors (Lipinski definition) is 2. The monoisotopic (exact) mass is 292 g/mol. The Morgan fingerprint density at radius 2 is 2.19 bits per heavy atom. The molecule has 1 aliphatic carbocycles. The lowest BCUT2D eigenvalue weighted by Crippen LogP contribution is -2.50. The van der Waals surface area contributed by atoms with Crippen molar-refractivity contribution in [1.29, 1.82) is 0 Å². The molecule has 1 fully saturated rings. The summed E-state index contributed by atoms with van der Waals surface area (Å²) in [6.07, 6.45) is 4.55. The number of ether oxygens (including phenoxy) is 1. The Balaban J connectivity index is 1.99. The van der Waals surface area contributed by atoms with Gasteiger partial charge in [0.15, 0.2) is 0 Å². The van der Waals surface area contributed by atoms with Crippen LogP contribution in [0.4, 0.5) is 5.69 Å². The zero-order chi connectivity index (χ0) is 15.3. The third kappa shape index (κ3) is 3.33. The van der Waals surface area contributed by atoms with Gasteiger partial charge in [-0.2, -0.15) is 0 Å². The number of methoxy groups -OCH3 is 1. The highest BCUT2D eigenvalue weighted by Crippen LogP contribution is 2.38. The number of nitrogens with one attached hydrogen (secondary N) is 1. The number of anilines is 1. The minimum Gasteiger partial charge on any atom is -0.495 e. The van der Waals surface area contributed by atoms with Gasteiger partial charge >= 0.3 is 0 Å². The molecule has 4 heteroatoms. The molecule has 0 amide bonds. The fourth-order valence-electron chi connectivity index (χ4n) is 3.60. The lowest BCUT2D eigenvalue weighted by Gasteiger charge is -2.35. The van der Waals surface area contributed by atoms with Crippen LogP contribution in [-0.4, -0.2) is 45.0 Å². The van der Waals surface area contributed by atoms with E-state index in [9.17, 15) is 5.11 Å². The van der Waals surface area contributed by atoms with E-state index >= 15 is 0 Å². The maximum Gasteiger partial charge on any atom is 0.142 e. The first-order chi connectivity index (χ1) is 10.2. The van der Waals surface area contributed by atoms with Gasteiger partial charge in [-0.05, 0) is 44.4 Å². The molecule has 118 valence electrons. The largest absolute Gasteiger partial charge is 0.495 e. The number of rotatable bonds is 7. The molecule has 2 unspecified atom stereocenters. The second-order valence-corrected chi connectivity index (χ2v) is 6.04. The molecule has 0 aromatic heterocycles. The summed E-state index contributed by atoms with van der Waals surface area (Å²) in [7, 11) is 5.78. The summed E-state index contributed by atoms with van der Waals surface area (Å²) in [5.41, 5.74) is 1.04. The van der Waals surface area contributed by atoms with Crippen molar-refractivity contribution in [1.82, 2.24) is 5.32 Å². The maximum absolute atomic E-state index is 9.76. The van der Waals surface area contributed by atoms with Crippen molar-refractivity contribution in [3.8, 4) is 5.75 Å². The minimum atomic E-state index is -0.0817. The molecular weight excluding hydrogens is 264 g/mol. The van der Waals surface area contributed by atoms with Gasteiger partial charge in [-0.3, -0.25) is 0 Å². The molecule has 0 radical (unpaired) electrons. The van der Waals surface area contributed by atoms with Crippen molar-refractivity contribution < 1.29 is 9.84 Å². The summed E-state index contributed by atoms with van der Waals surface area (Å²) < 4.78 is 5.43. The van der Waals surface area contributed by atoms with Crippen LogP contribution in [0.25, 0.3) is 0 Å². The highest BCUT2D eigenvalue weighted by molar-refractivity contribution is 5.57. The standard InChI is InChI=1S/C17H28N2O2/c1-18-17(13-20)11-6-7-14(17)10-12-19(2)15-8-4-5-9-16(15)21-3/h4-5,8-9,14,18,20H,6-7,10-13H2,1-3H3. The van der Waals surface area contributed by atoms with E-state index in [1.807, 2.05) is 25.2 Å². The van der Waals surface area contributed by atoms with E-state index in [-0.39, 0.29) is 12.1 Å². The van der Waals surface area contributed by atoms with E-state index < -0.39 is 0 Å². The zero-order valence-electron chi connectivity index (χ0n) is 13.4. The number of hydrogen-bond acceptors (Lipinski definition) is 4. The van der Waals surface area contributed by atoms with Crippen molar-refractivity contribution in [3.05, 3.63) is 24.3 Å². The van der Waals surface area contributed by atoms with Crippen LogP contribution in [0.2, 0.25) is 0 Å². The normalized spacial score (nSPS) is 25.0. The molecular formula is C17H28N2O2. The Kier molecular flexibility index (Phi) is 5.48. The molecule has 2 atom stereocenters. The van der Waals surface area contributed by atoms with E-state index in [2.05, 4.69) is 23.3 Å². The molecule has 0 aliphatic heterocycles. The molecule has 2 N–H and O–H groups in total. The van der Waals surface area contributed by atoms with Gasteiger partial charge in [0.05, 0.1) is 19.4 Å². The Hall–Kier alpha value is -1.26. The van der Waals surface area contributed by atoms with Gasteiger partial charge in [0.25, 0.3) is 0 Å². The number of aliphatic hydroxyl groups is 1. The van der Waals surface area contributed by atoms with Crippen LogP contribution in [0.5, 0.6) is 5.75 Å². The first-order valence-corrected chi connectivity index (χ1v) is 7.81. The number of likely N-dealkylation sites (N-methyl/N-ethyl adjacent to an activating group) is 1. The summed E-state index contributed by atoms with van der Waals surface area (Å²) in [5, 5.41) is 13.1. The van der Waals surface area contributed by atoms with Crippen LogP contribution in [0, 0.1) is 5.92 Å². The van der Waals surface area contributed by atoms with Crippen molar-refractivity contribution >= 4 is 5.69 Å². The van der Waals surface area contributed by atoms with Gasteiger partial charge in [-0.1, -0.05) is 18.6 Å². The first-order valence-electron chi connectivity index (χ1n) is 7.81. The molecule has 1 aromatic rings. The molecule has 1 saturated carbocycles. The Morgan fingerprint density at radius 3 is 2.86 bits per heavy atom. The molecule has 0 heterocycles. The quantitative estimate of drug-likeness (QED) is 0.809. The van der Waals surface area contributed by atoms with Crippen molar-refractivity contribution in [2.24, 2.45) is 5.92 Å². The molecule has 1 aromatic carbocycles. The van der Waals surface area contributed by atoms with E-state index in [1.54, 1.807) is 7.11 Å². The smallest absolute Gasteiger partial charge is 0.142 e. The third-order valence-electron chi connectivity index (χ3n) is 5.05. The van der Waals surface area contributed by atoms with Gasteiger partial charge < -0.3 is 20.1 Å². The van der Waals surface area contributed by atoms with Crippen LogP contribution < -0.4 is 15.0 Å². The predicted octanol–water partition coefficient (Wildman–Crippen LogP) is 2.27. The van der Waals surface area contributed by atoms with Crippen LogP contribution in [0.1, 0.15) is 25.7 Å². The topological polar surface area (TPSA) is 44.7 Å². The van der Waals surface area contributed by atoms with Crippen LogP contribution in [0.3, 0.4) is 0 Å². The van der Waals surface area contributed by atoms with Gasteiger partial charge in [0, 0.05) is 19.1 Å². The summed E-state index contributed by atoms with van der Waals surface area (Å²) in [6.45, 7) is 1.20. The second kappa shape index (κ2) is 7.14. The zero-order valence-corrected chi connectivity index (χ0v) is 13.4. The number of aliphatic hydroxyl groups excluding tert-OH is 1. The lowest BCUT2D eigenvalue weighted by atomic mass is 9.85. The van der Waals surface area contributed by atoms with E-state index in [0.29, 0.717) is 5.92 Å². The number of nitrogens with zero attached hydrogens (tertiary/aromatic N) is 1. The van der Waals surface area contributed by atoms with Gasteiger partial charge in [-0.25, -0.2) is 0 Å². The molecule has 4 nitrogen and oxygen atoms in total. The second-order valence-electron chi connectivity index (χ2n) is 6.04.